The SMILES string of the molecule is CC[C@H](C(=O)N[C@@H](C)CC)N(Cc1ccccc1C)C(=O)CN(c1cc(Cl)ccc1Cl)S(=O)(=O)c1ccccc1. The summed E-state index contributed by atoms with van der Waals surface area (Å²) < 4.78 is 28.8. The molecule has 7 nitrogen and oxygen atoms in total. The minimum atomic E-state index is -4.24. The zero-order valence-corrected chi connectivity index (χ0v) is 25.4. The number of carbonyl (C=O) groups is 2. The van der Waals surface area contributed by atoms with Gasteiger partial charge in [0, 0.05) is 17.6 Å². The van der Waals surface area contributed by atoms with E-state index in [1.165, 1.54) is 29.2 Å². The molecule has 0 radical (unpaired) electrons. The van der Waals surface area contributed by atoms with Gasteiger partial charge in [-0.15, -0.1) is 0 Å². The van der Waals surface area contributed by atoms with E-state index in [-0.39, 0.29) is 39.1 Å². The third-order valence-corrected chi connectivity index (χ3v) is 9.10. The minimum Gasteiger partial charge on any atom is -0.352 e. The fourth-order valence-electron chi connectivity index (χ4n) is 4.24. The van der Waals surface area contributed by atoms with Crippen LogP contribution in [-0.2, 0) is 26.2 Å². The van der Waals surface area contributed by atoms with Gasteiger partial charge in [-0.1, -0.05) is 79.5 Å². The molecule has 0 aliphatic heterocycles. The van der Waals surface area contributed by atoms with E-state index in [4.69, 9.17) is 23.2 Å². The third kappa shape index (κ3) is 7.56. The maximum atomic E-state index is 14.1. The normalized spacial score (nSPS) is 12.8. The standard InChI is InChI=1S/C30H35Cl2N3O4S/c1-5-22(4)33-30(37)27(6-2)34(19-23-13-11-10-12-21(23)3)29(36)20-35(28-18-24(31)16-17-26(28)32)40(38,39)25-14-8-7-9-15-25/h7-18,22,27H,5-6,19-20H2,1-4H3,(H,33,37)/t22-,27+/m0/s1. The molecule has 214 valence electrons. The van der Waals surface area contributed by atoms with Gasteiger partial charge in [-0.25, -0.2) is 8.42 Å². The average molecular weight is 605 g/mol. The fourth-order valence-corrected chi connectivity index (χ4v) is 6.12. The molecule has 0 heterocycles. The van der Waals surface area contributed by atoms with Gasteiger partial charge in [0.25, 0.3) is 10.0 Å². The molecule has 0 saturated carbocycles. The van der Waals surface area contributed by atoms with E-state index in [0.29, 0.717) is 6.42 Å². The number of rotatable bonds is 12. The van der Waals surface area contributed by atoms with Gasteiger partial charge in [-0.2, -0.15) is 0 Å². The number of aryl methyl sites for hydroxylation is 1. The highest BCUT2D eigenvalue weighted by molar-refractivity contribution is 7.92. The third-order valence-electron chi connectivity index (χ3n) is 6.78. The highest BCUT2D eigenvalue weighted by Crippen LogP contribution is 2.33. The molecule has 0 aliphatic rings. The number of halogens is 2. The number of nitrogens with zero attached hydrogens (tertiary/aromatic N) is 2. The largest absolute Gasteiger partial charge is 0.352 e. The first kappa shape index (κ1) is 31.5. The monoisotopic (exact) mass is 603 g/mol. The first-order valence-corrected chi connectivity index (χ1v) is 15.4. The Morgan fingerprint density at radius 2 is 1.57 bits per heavy atom. The molecule has 0 bridgehead atoms. The summed E-state index contributed by atoms with van der Waals surface area (Å²) in [6, 6.07) is 18.9. The number of anilines is 1. The molecule has 2 atom stereocenters. The van der Waals surface area contributed by atoms with Crippen molar-refractivity contribution in [2.24, 2.45) is 0 Å². The van der Waals surface area contributed by atoms with Crippen LogP contribution in [0.2, 0.25) is 10.0 Å². The number of hydrogen-bond acceptors (Lipinski definition) is 4. The fraction of sp³-hybridized carbons (Fsp3) is 0.333. The molecular weight excluding hydrogens is 569 g/mol. The summed E-state index contributed by atoms with van der Waals surface area (Å²) in [4.78, 5) is 28.9. The lowest BCUT2D eigenvalue weighted by Crippen LogP contribution is -2.53. The van der Waals surface area contributed by atoms with Crippen molar-refractivity contribution < 1.29 is 18.0 Å². The zero-order valence-electron chi connectivity index (χ0n) is 23.1. The first-order valence-electron chi connectivity index (χ1n) is 13.2. The van der Waals surface area contributed by atoms with E-state index in [1.54, 1.807) is 24.3 Å². The lowest BCUT2D eigenvalue weighted by molar-refractivity contribution is -0.140. The number of benzene rings is 3. The van der Waals surface area contributed by atoms with Crippen LogP contribution < -0.4 is 9.62 Å². The molecule has 3 rings (SSSR count). The van der Waals surface area contributed by atoms with Gasteiger partial charge in [0.2, 0.25) is 11.8 Å². The Balaban J connectivity index is 2.10. The molecule has 2 amide bonds. The molecule has 0 spiro atoms. The summed E-state index contributed by atoms with van der Waals surface area (Å²) in [5.74, 6) is -0.845. The van der Waals surface area contributed by atoms with Crippen molar-refractivity contribution in [3.63, 3.8) is 0 Å². The van der Waals surface area contributed by atoms with Crippen LogP contribution in [0.25, 0.3) is 0 Å². The number of hydrogen-bond donors (Lipinski definition) is 1. The second-order valence-corrected chi connectivity index (χ2v) is 12.3. The van der Waals surface area contributed by atoms with E-state index >= 15 is 0 Å². The quantitative estimate of drug-likeness (QED) is 0.266. The Labute approximate surface area is 247 Å². The van der Waals surface area contributed by atoms with Crippen molar-refractivity contribution >= 4 is 50.7 Å². The molecule has 3 aromatic carbocycles. The van der Waals surface area contributed by atoms with Crippen LogP contribution >= 0.6 is 23.2 Å². The van der Waals surface area contributed by atoms with Crippen LogP contribution in [-0.4, -0.2) is 43.8 Å². The molecule has 3 aromatic rings. The molecule has 0 fully saturated rings. The van der Waals surface area contributed by atoms with E-state index < -0.39 is 28.5 Å². The van der Waals surface area contributed by atoms with Gasteiger partial charge >= 0.3 is 0 Å². The Morgan fingerprint density at radius 3 is 2.20 bits per heavy atom. The molecule has 0 aromatic heterocycles. The van der Waals surface area contributed by atoms with Gasteiger partial charge < -0.3 is 10.2 Å². The van der Waals surface area contributed by atoms with Gasteiger partial charge in [0.05, 0.1) is 15.6 Å². The van der Waals surface area contributed by atoms with Crippen LogP contribution in [0, 0.1) is 6.92 Å². The highest BCUT2D eigenvalue weighted by Gasteiger charge is 2.34. The predicted octanol–water partition coefficient (Wildman–Crippen LogP) is 6.22. The van der Waals surface area contributed by atoms with Crippen molar-refractivity contribution in [3.05, 3.63) is 94.0 Å². The zero-order chi connectivity index (χ0) is 29.4. The molecule has 0 aliphatic carbocycles. The van der Waals surface area contributed by atoms with E-state index in [9.17, 15) is 18.0 Å². The summed E-state index contributed by atoms with van der Waals surface area (Å²) in [6.45, 7) is 7.15. The second kappa shape index (κ2) is 14.0. The first-order chi connectivity index (χ1) is 19.0. The van der Waals surface area contributed by atoms with Crippen molar-refractivity contribution in [1.82, 2.24) is 10.2 Å². The number of nitrogens with one attached hydrogen (secondary N) is 1. The van der Waals surface area contributed by atoms with Gasteiger partial charge in [-0.05, 0) is 68.1 Å². The summed E-state index contributed by atoms with van der Waals surface area (Å²) in [6.07, 6.45) is 1.06. The van der Waals surface area contributed by atoms with Crippen molar-refractivity contribution in [1.29, 1.82) is 0 Å². The maximum absolute atomic E-state index is 14.1. The number of sulfonamides is 1. The highest BCUT2D eigenvalue weighted by atomic mass is 35.5. The summed E-state index contributed by atoms with van der Waals surface area (Å²) in [7, 11) is -4.24. The molecular formula is C30H35Cl2N3O4S. The molecule has 1 N–H and O–H groups in total. The lowest BCUT2D eigenvalue weighted by atomic mass is 10.1. The van der Waals surface area contributed by atoms with Crippen molar-refractivity contribution in [3.8, 4) is 0 Å². The Kier molecular flexibility index (Phi) is 11.0. The molecule has 0 unspecified atom stereocenters. The number of carbonyl (C=O) groups excluding carboxylic acids is 2. The maximum Gasteiger partial charge on any atom is 0.264 e. The summed E-state index contributed by atoms with van der Waals surface area (Å²) >= 11 is 12.7. The van der Waals surface area contributed by atoms with Crippen LogP contribution in [0.15, 0.2) is 77.7 Å². The second-order valence-electron chi connectivity index (χ2n) is 9.61. The Hall–Kier alpha value is -3.07. The summed E-state index contributed by atoms with van der Waals surface area (Å²) in [5.41, 5.74) is 1.87. The van der Waals surface area contributed by atoms with E-state index in [0.717, 1.165) is 21.9 Å². The summed E-state index contributed by atoms with van der Waals surface area (Å²) in [5, 5.41) is 3.35. The Bertz CT molecular complexity index is 1430. The van der Waals surface area contributed by atoms with Crippen LogP contribution in [0.1, 0.15) is 44.7 Å². The van der Waals surface area contributed by atoms with Crippen molar-refractivity contribution in [2.75, 3.05) is 10.8 Å². The van der Waals surface area contributed by atoms with Crippen molar-refractivity contribution in [2.45, 2.75) is 64.1 Å². The van der Waals surface area contributed by atoms with Gasteiger partial charge in [-0.3, -0.25) is 13.9 Å². The lowest BCUT2D eigenvalue weighted by Gasteiger charge is -2.34. The average Bonchev–Trinajstić information content (AvgIpc) is 2.94. The van der Waals surface area contributed by atoms with Crippen LogP contribution in [0.5, 0.6) is 0 Å². The van der Waals surface area contributed by atoms with Crippen LogP contribution in [0.3, 0.4) is 0 Å². The Morgan fingerprint density at radius 1 is 0.925 bits per heavy atom. The topological polar surface area (TPSA) is 86.8 Å². The molecule has 40 heavy (non-hydrogen) atoms. The smallest absolute Gasteiger partial charge is 0.264 e. The molecule has 10 heteroatoms. The van der Waals surface area contributed by atoms with E-state index in [2.05, 4.69) is 5.32 Å². The predicted molar refractivity (Wildman–Crippen MR) is 161 cm³/mol. The van der Waals surface area contributed by atoms with Gasteiger partial charge in [0.15, 0.2) is 0 Å². The van der Waals surface area contributed by atoms with E-state index in [1.807, 2.05) is 52.0 Å². The minimum absolute atomic E-state index is 0.00847. The van der Waals surface area contributed by atoms with Gasteiger partial charge in [0.1, 0.15) is 12.6 Å². The number of amides is 2. The van der Waals surface area contributed by atoms with Crippen LogP contribution in [0.4, 0.5) is 5.69 Å². The molecule has 0 saturated heterocycles.